The first kappa shape index (κ1) is 26.2. The Balaban J connectivity index is 1.16. The van der Waals surface area contributed by atoms with Crippen molar-refractivity contribution in [3.8, 4) is 45.3 Å². The van der Waals surface area contributed by atoms with Crippen molar-refractivity contribution in [3.05, 3.63) is 164 Å². The number of fused-ring (bicyclic) bond motifs is 4. The zero-order valence-electron chi connectivity index (χ0n) is 24.9. The fourth-order valence-electron chi connectivity index (χ4n) is 6.46. The second kappa shape index (κ2) is 10.8. The molecule has 0 unspecified atom stereocenters. The third-order valence-electron chi connectivity index (χ3n) is 8.83. The summed E-state index contributed by atoms with van der Waals surface area (Å²) in [6.07, 6.45) is 0. The lowest BCUT2D eigenvalue weighted by molar-refractivity contribution is 1.08. The van der Waals surface area contributed by atoms with Gasteiger partial charge in [0.25, 0.3) is 0 Å². The molecule has 9 rings (SSSR count). The van der Waals surface area contributed by atoms with E-state index in [-0.39, 0.29) is 0 Å². The molecule has 0 amide bonds. The van der Waals surface area contributed by atoms with Gasteiger partial charge in [-0.15, -0.1) is 0 Å². The Morgan fingerprint density at radius 1 is 0.261 bits per heavy atom. The van der Waals surface area contributed by atoms with E-state index in [1.807, 2.05) is 30.3 Å². The number of hydrogen-bond donors (Lipinski definition) is 0. The first-order valence-corrected chi connectivity index (χ1v) is 15.5. The van der Waals surface area contributed by atoms with Gasteiger partial charge in [-0.25, -0.2) is 15.0 Å². The average Bonchev–Trinajstić information content (AvgIpc) is 3.13. The highest BCUT2D eigenvalue weighted by atomic mass is 15.0. The molecule has 0 saturated carbocycles. The highest BCUT2D eigenvalue weighted by Gasteiger charge is 2.14. The summed E-state index contributed by atoms with van der Waals surface area (Å²) in [5.74, 6) is 1.97. The van der Waals surface area contributed by atoms with E-state index >= 15 is 0 Å². The lowest BCUT2D eigenvalue weighted by Gasteiger charge is -2.11. The Hall–Kier alpha value is -6.19. The monoisotopic (exact) mass is 585 g/mol. The standard InChI is InChI=1S/C43H27N3/c1-2-10-29(11-3-1)41-44-42(46-43(45-41)37-22-19-34-23-30-12-4-5-13-31(30)26-38(34)27-37)36-21-18-32-24-35(20-17-33(32)25-36)40-16-8-14-28-9-6-7-15-39(28)40/h1-27H. The van der Waals surface area contributed by atoms with Gasteiger partial charge in [-0.2, -0.15) is 0 Å². The Morgan fingerprint density at radius 2 is 0.717 bits per heavy atom. The molecule has 3 nitrogen and oxygen atoms in total. The van der Waals surface area contributed by atoms with E-state index in [0.29, 0.717) is 17.5 Å². The lowest BCUT2D eigenvalue weighted by atomic mass is 9.96. The van der Waals surface area contributed by atoms with Crippen molar-refractivity contribution in [2.75, 3.05) is 0 Å². The van der Waals surface area contributed by atoms with Crippen molar-refractivity contribution in [3.63, 3.8) is 0 Å². The van der Waals surface area contributed by atoms with Crippen LogP contribution in [0, 0.1) is 0 Å². The number of rotatable bonds is 4. The molecule has 0 aliphatic rings. The number of nitrogens with zero attached hydrogens (tertiary/aromatic N) is 3. The largest absolute Gasteiger partial charge is 0.208 e. The molecular weight excluding hydrogens is 558 g/mol. The second-order valence-corrected chi connectivity index (χ2v) is 11.7. The number of benzene rings is 8. The minimum Gasteiger partial charge on any atom is -0.208 e. The number of aromatic nitrogens is 3. The van der Waals surface area contributed by atoms with Crippen LogP contribution in [0.3, 0.4) is 0 Å². The van der Waals surface area contributed by atoms with Crippen LogP contribution in [0.4, 0.5) is 0 Å². The van der Waals surface area contributed by atoms with Crippen LogP contribution in [0.5, 0.6) is 0 Å². The van der Waals surface area contributed by atoms with Gasteiger partial charge in [-0.05, 0) is 84.5 Å². The normalized spacial score (nSPS) is 11.5. The van der Waals surface area contributed by atoms with Crippen molar-refractivity contribution in [2.24, 2.45) is 0 Å². The van der Waals surface area contributed by atoms with Crippen LogP contribution < -0.4 is 0 Å². The first-order valence-electron chi connectivity index (χ1n) is 15.5. The van der Waals surface area contributed by atoms with Gasteiger partial charge in [0.05, 0.1) is 0 Å². The fraction of sp³-hybridized carbons (Fsp3) is 0. The van der Waals surface area contributed by atoms with Crippen molar-refractivity contribution in [1.82, 2.24) is 15.0 Å². The SMILES string of the molecule is c1ccc(-c2nc(-c3ccc4cc(-c5cccc6ccccc56)ccc4c3)nc(-c3ccc4cc5ccccc5cc4c3)n2)cc1. The van der Waals surface area contributed by atoms with Crippen LogP contribution >= 0.6 is 0 Å². The molecule has 46 heavy (non-hydrogen) atoms. The van der Waals surface area contributed by atoms with Crippen LogP contribution in [0.25, 0.3) is 88.4 Å². The van der Waals surface area contributed by atoms with Crippen LogP contribution in [-0.2, 0) is 0 Å². The van der Waals surface area contributed by atoms with Crippen molar-refractivity contribution < 1.29 is 0 Å². The molecule has 9 aromatic rings. The van der Waals surface area contributed by atoms with E-state index in [1.165, 1.54) is 43.4 Å². The molecule has 1 aromatic heterocycles. The molecule has 8 aromatic carbocycles. The smallest absolute Gasteiger partial charge is 0.164 e. The van der Waals surface area contributed by atoms with Crippen molar-refractivity contribution in [1.29, 1.82) is 0 Å². The van der Waals surface area contributed by atoms with Crippen LogP contribution in [0.1, 0.15) is 0 Å². The van der Waals surface area contributed by atoms with Crippen LogP contribution in [0.15, 0.2) is 164 Å². The summed E-state index contributed by atoms with van der Waals surface area (Å²) in [6, 6.07) is 57.7. The Bertz CT molecular complexity index is 2580. The molecular formula is C43H27N3. The van der Waals surface area contributed by atoms with E-state index in [0.717, 1.165) is 27.5 Å². The topological polar surface area (TPSA) is 38.7 Å². The predicted molar refractivity (Wildman–Crippen MR) is 192 cm³/mol. The van der Waals surface area contributed by atoms with Crippen molar-refractivity contribution in [2.45, 2.75) is 0 Å². The van der Waals surface area contributed by atoms with Gasteiger partial charge in [0.2, 0.25) is 0 Å². The summed E-state index contributed by atoms with van der Waals surface area (Å²) in [7, 11) is 0. The van der Waals surface area contributed by atoms with Gasteiger partial charge in [0.15, 0.2) is 17.5 Å². The zero-order valence-corrected chi connectivity index (χ0v) is 24.9. The van der Waals surface area contributed by atoms with E-state index in [1.54, 1.807) is 0 Å². The van der Waals surface area contributed by atoms with Gasteiger partial charge in [-0.3, -0.25) is 0 Å². The summed E-state index contributed by atoms with van der Waals surface area (Å²) >= 11 is 0. The molecule has 3 heteroatoms. The minimum atomic E-state index is 0.655. The number of hydrogen-bond acceptors (Lipinski definition) is 3. The lowest BCUT2D eigenvalue weighted by Crippen LogP contribution is -2.00. The van der Waals surface area contributed by atoms with Gasteiger partial charge in [0.1, 0.15) is 0 Å². The summed E-state index contributed by atoms with van der Waals surface area (Å²) in [5, 5.41) is 9.62. The van der Waals surface area contributed by atoms with Gasteiger partial charge in [0, 0.05) is 16.7 Å². The maximum atomic E-state index is 5.05. The molecule has 0 aliphatic carbocycles. The maximum Gasteiger partial charge on any atom is 0.164 e. The van der Waals surface area contributed by atoms with E-state index < -0.39 is 0 Å². The Labute approximate surface area is 266 Å². The van der Waals surface area contributed by atoms with Gasteiger partial charge >= 0.3 is 0 Å². The highest BCUT2D eigenvalue weighted by molar-refractivity contribution is 6.01. The van der Waals surface area contributed by atoms with Gasteiger partial charge < -0.3 is 0 Å². The molecule has 1 heterocycles. The van der Waals surface area contributed by atoms with E-state index in [9.17, 15) is 0 Å². The van der Waals surface area contributed by atoms with E-state index in [2.05, 4.69) is 133 Å². The maximum absolute atomic E-state index is 5.05. The summed E-state index contributed by atoms with van der Waals surface area (Å²) in [4.78, 5) is 15.0. The highest BCUT2D eigenvalue weighted by Crippen LogP contribution is 2.33. The third kappa shape index (κ3) is 4.66. The molecule has 214 valence electrons. The fourth-order valence-corrected chi connectivity index (χ4v) is 6.46. The summed E-state index contributed by atoms with van der Waals surface area (Å²) in [5.41, 5.74) is 5.32. The summed E-state index contributed by atoms with van der Waals surface area (Å²) in [6.45, 7) is 0. The average molecular weight is 586 g/mol. The predicted octanol–water partition coefficient (Wildman–Crippen LogP) is 11.2. The van der Waals surface area contributed by atoms with Crippen LogP contribution in [0.2, 0.25) is 0 Å². The molecule has 0 bridgehead atoms. The van der Waals surface area contributed by atoms with Crippen molar-refractivity contribution >= 4 is 43.1 Å². The summed E-state index contributed by atoms with van der Waals surface area (Å²) < 4.78 is 0. The molecule has 0 saturated heterocycles. The third-order valence-corrected chi connectivity index (χ3v) is 8.83. The van der Waals surface area contributed by atoms with E-state index in [4.69, 9.17) is 15.0 Å². The molecule has 0 spiro atoms. The Kier molecular flexibility index (Phi) is 6.14. The second-order valence-electron chi connectivity index (χ2n) is 11.7. The quantitative estimate of drug-likeness (QED) is 0.193. The first-order chi connectivity index (χ1) is 22.7. The minimum absolute atomic E-state index is 0.655. The Morgan fingerprint density at radius 3 is 1.41 bits per heavy atom. The molecule has 0 N–H and O–H groups in total. The zero-order chi connectivity index (χ0) is 30.5. The molecule has 0 radical (unpaired) electrons. The van der Waals surface area contributed by atoms with Gasteiger partial charge in [-0.1, -0.05) is 133 Å². The molecule has 0 fully saturated rings. The van der Waals surface area contributed by atoms with Crippen LogP contribution in [-0.4, -0.2) is 15.0 Å². The molecule has 0 atom stereocenters. The molecule has 0 aliphatic heterocycles.